The highest BCUT2D eigenvalue weighted by Crippen LogP contribution is 2.19. The fourth-order valence-electron chi connectivity index (χ4n) is 1.21. The van der Waals surface area contributed by atoms with Gasteiger partial charge in [-0.1, -0.05) is 12.1 Å². The van der Waals surface area contributed by atoms with Crippen molar-refractivity contribution in [3.63, 3.8) is 0 Å². The molecule has 0 saturated heterocycles. The minimum atomic E-state index is 0.0986. The molecule has 0 unspecified atom stereocenters. The van der Waals surface area contributed by atoms with E-state index in [1.807, 2.05) is 26.0 Å². The lowest BCUT2D eigenvalue weighted by Gasteiger charge is -2.21. The van der Waals surface area contributed by atoms with Gasteiger partial charge >= 0.3 is 0 Å². The molecule has 3 nitrogen and oxygen atoms in total. The van der Waals surface area contributed by atoms with E-state index in [4.69, 9.17) is 0 Å². The van der Waals surface area contributed by atoms with E-state index in [0.717, 1.165) is 11.2 Å². The Morgan fingerprint density at radius 3 is 2.76 bits per heavy atom. The molecule has 1 aromatic rings. The van der Waals surface area contributed by atoms with Gasteiger partial charge in [-0.2, -0.15) is 0 Å². The predicted octanol–water partition coefficient (Wildman–Crippen LogP) is 2.46. The maximum Gasteiger partial charge on any atom is 0.232 e. The van der Waals surface area contributed by atoms with Gasteiger partial charge in [-0.15, -0.1) is 11.8 Å². The number of amides is 1. The third-order valence-corrected chi connectivity index (χ3v) is 3.50. The van der Waals surface area contributed by atoms with Crippen molar-refractivity contribution < 1.29 is 9.59 Å². The van der Waals surface area contributed by atoms with E-state index in [1.54, 1.807) is 24.1 Å². The van der Waals surface area contributed by atoms with E-state index in [2.05, 4.69) is 0 Å². The minimum Gasteiger partial charge on any atom is -0.343 e. The molecule has 17 heavy (non-hydrogen) atoms. The molecule has 0 aliphatic carbocycles. The van der Waals surface area contributed by atoms with E-state index in [1.165, 1.54) is 11.8 Å². The van der Waals surface area contributed by atoms with E-state index in [9.17, 15) is 9.59 Å². The maximum atomic E-state index is 11.7. The van der Waals surface area contributed by atoms with Crippen LogP contribution in [-0.2, 0) is 4.79 Å². The number of carbonyl (C=O) groups is 2. The standard InChI is InChI=1S/C13H17NO2S/c1-10(2)14(3)13(16)9-17-12-6-4-5-11(7-12)8-15/h4-8,10H,9H2,1-3H3. The zero-order valence-corrected chi connectivity index (χ0v) is 11.2. The SMILES string of the molecule is CC(C)N(C)C(=O)CSc1cccc(C=O)c1. The second kappa shape index (κ2) is 6.45. The van der Waals surface area contributed by atoms with Crippen molar-refractivity contribution in [1.29, 1.82) is 0 Å². The summed E-state index contributed by atoms with van der Waals surface area (Å²) in [4.78, 5) is 25.0. The van der Waals surface area contributed by atoms with Crippen LogP contribution in [0, 0.1) is 0 Å². The Balaban J connectivity index is 2.55. The molecule has 4 heteroatoms. The molecule has 0 saturated carbocycles. The first-order chi connectivity index (χ1) is 8.04. The number of aldehydes is 1. The van der Waals surface area contributed by atoms with Crippen LogP contribution >= 0.6 is 11.8 Å². The van der Waals surface area contributed by atoms with Crippen molar-refractivity contribution in [3.05, 3.63) is 29.8 Å². The zero-order valence-electron chi connectivity index (χ0n) is 10.3. The normalized spacial score (nSPS) is 10.4. The van der Waals surface area contributed by atoms with Crippen LogP contribution < -0.4 is 0 Å². The van der Waals surface area contributed by atoms with E-state index < -0.39 is 0 Å². The van der Waals surface area contributed by atoms with Gasteiger partial charge < -0.3 is 4.90 Å². The van der Waals surface area contributed by atoms with E-state index in [0.29, 0.717) is 11.3 Å². The molecule has 0 radical (unpaired) electrons. The van der Waals surface area contributed by atoms with Gasteiger partial charge in [-0.05, 0) is 26.0 Å². The van der Waals surface area contributed by atoms with Crippen LogP contribution in [0.25, 0.3) is 0 Å². The first kappa shape index (κ1) is 13.8. The minimum absolute atomic E-state index is 0.0986. The number of hydrogen-bond donors (Lipinski definition) is 0. The van der Waals surface area contributed by atoms with Gasteiger partial charge in [0.25, 0.3) is 0 Å². The molecular weight excluding hydrogens is 234 g/mol. The van der Waals surface area contributed by atoms with Crippen LogP contribution in [0.15, 0.2) is 29.2 Å². The zero-order chi connectivity index (χ0) is 12.8. The molecule has 0 N–H and O–H groups in total. The summed E-state index contributed by atoms with van der Waals surface area (Å²) in [6.45, 7) is 3.96. The Morgan fingerprint density at radius 1 is 1.47 bits per heavy atom. The molecule has 1 amide bonds. The van der Waals surface area contributed by atoms with Crippen LogP contribution in [0.3, 0.4) is 0 Å². The van der Waals surface area contributed by atoms with Gasteiger partial charge in [0.2, 0.25) is 5.91 Å². The quantitative estimate of drug-likeness (QED) is 0.596. The van der Waals surface area contributed by atoms with Crippen molar-refractivity contribution >= 4 is 24.0 Å². The predicted molar refractivity (Wildman–Crippen MR) is 70.5 cm³/mol. The monoisotopic (exact) mass is 251 g/mol. The Bertz CT molecular complexity index is 404. The molecule has 0 aliphatic rings. The molecule has 0 heterocycles. The molecule has 1 aromatic carbocycles. The molecule has 1 rings (SSSR count). The van der Waals surface area contributed by atoms with E-state index in [-0.39, 0.29) is 11.9 Å². The summed E-state index contributed by atoms with van der Waals surface area (Å²) in [6, 6.07) is 7.48. The lowest BCUT2D eigenvalue weighted by Crippen LogP contribution is -2.34. The lowest BCUT2D eigenvalue weighted by atomic mass is 10.2. The smallest absolute Gasteiger partial charge is 0.232 e. The molecule has 0 bridgehead atoms. The van der Waals surface area contributed by atoms with Crippen LogP contribution in [0.1, 0.15) is 24.2 Å². The summed E-state index contributed by atoms with van der Waals surface area (Å²) in [5.41, 5.74) is 0.639. The van der Waals surface area contributed by atoms with Crippen molar-refractivity contribution in [2.75, 3.05) is 12.8 Å². The average Bonchev–Trinajstić information content (AvgIpc) is 2.35. The molecule has 0 spiro atoms. The fourth-order valence-corrected chi connectivity index (χ4v) is 2.10. The molecule has 0 aliphatic heterocycles. The number of hydrogen-bond acceptors (Lipinski definition) is 3. The number of thioether (sulfide) groups is 1. The summed E-state index contributed by atoms with van der Waals surface area (Å²) in [5, 5.41) is 0. The van der Waals surface area contributed by atoms with Crippen molar-refractivity contribution in [3.8, 4) is 0 Å². The van der Waals surface area contributed by atoms with Gasteiger partial charge in [0.1, 0.15) is 6.29 Å². The summed E-state index contributed by atoms with van der Waals surface area (Å²) < 4.78 is 0. The summed E-state index contributed by atoms with van der Waals surface area (Å²) in [7, 11) is 1.80. The number of nitrogens with zero attached hydrogens (tertiary/aromatic N) is 1. The van der Waals surface area contributed by atoms with Gasteiger partial charge in [-0.3, -0.25) is 9.59 Å². The summed E-state index contributed by atoms with van der Waals surface area (Å²) in [5.74, 6) is 0.498. The van der Waals surface area contributed by atoms with Crippen molar-refractivity contribution in [1.82, 2.24) is 4.90 Å². The molecule has 0 atom stereocenters. The fraction of sp³-hybridized carbons (Fsp3) is 0.385. The van der Waals surface area contributed by atoms with Gasteiger partial charge in [-0.25, -0.2) is 0 Å². The largest absolute Gasteiger partial charge is 0.343 e. The first-order valence-electron chi connectivity index (χ1n) is 5.48. The van der Waals surface area contributed by atoms with Crippen molar-refractivity contribution in [2.24, 2.45) is 0 Å². The van der Waals surface area contributed by atoms with Gasteiger partial charge in [0.05, 0.1) is 5.75 Å². The topological polar surface area (TPSA) is 37.4 Å². The second-order valence-electron chi connectivity index (χ2n) is 4.08. The molecule has 0 fully saturated rings. The highest BCUT2D eigenvalue weighted by atomic mass is 32.2. The number of carbonyl (C=O) groups excluding carboxylic acids is 2. The van der Waals surface area contributed by atoms with Crippen LogP contribution in [0.5, 0.6) is 0 Å². The maximum absolute atomic E-state index is 11.7. The van der Waals surface area contributed by atoms with Crippen LogP contribution in [0.2, 0.25) is 0 Å². The number of benzene rings is 1. The third-order valence-electron chi connectivity index (χ3n) is 2.52. The van der Waals surface area contributed by atoms with Crippen LogP contribution in [0.4, 0.5) is 0 Å². The van der Waals surface area contributed by atoms with Gasteiger partial charge in [0, 0.05) is 23.5 Å². The van der Waals surface area contributed by atoms with Crippen molar-refractivity contribution in [2.45, 2.75) is 24.8 Å². The highest BCUT2D eigenvalue weighted by Gasteiger charge is 2.11. The number of rotatable bonds is 5. The second-order valence-corrected chi connectivity index (χ2v) is 5.13. The Hall–Kier alpha value is -1.29. The lowest BCUT2D eigenvalue weighted by molar-refractivity contribution is -0.128. The Labute approximate surface area is 106 Å². The highest BCUT2D eigenvalue weighted by molar-refractivity contribution is 8.00. The van der Waals surface area contributed by atoms with Gasteiger partial charge in [0.15, 0.2) is 0 Å². The molecule has 0 aromatic heterocycles. The van der Waals surface area contributed by atoms with Crippen LogP contribution in [-0.4, -0.2) is 35.9 Å². The summed E-state index contributed by atoms with van der Waals surface area (Å²) >= 11 is 1.45. The molecule has 92 valence electrons. The third kappa shape index (κ3) is 4.23. The first-order valence-corrected chi connectivity index (χ1v) is 6.47. The molecular formula is C13H17NO2S. The summed E-state index contributed by atoms with van der Waals surface area (Å²) in [6.07, 6.45) is 0.812. The Morgan fingerprint density at radius 2 is 2.18 bits per heavy atom. The Kier molecular flexibility index (Phi) is 5.22. The average molecular weight is 251 g/mol. The van der Waals surface area contributed by atoms with E-state index >= 15 is 0 Å².